The molecule has 4 fully saturated rings. The number of aromatic nitrogens is 2. The summed E-state index contributed by atoms with van der Waals surface area (Å²) >= 11 is 0. The highest BCUT2D eigenvalue weighted by atomic mass is 16.6. The van der Waals surface area contributed by atoms with Gasteiger partial charge in [-0.2, -0.15) is 0 Å². The fraction of sp³-hybridized carbons (Fsp3) is 0.667. The summed E-state index contributed by atoms with van der Waals surface area (Å²) in [4.78, 5) is 38.7. The van der Waals surface area contributed by atoms with Gasteiger partial charge in [-0.25, -0.2) is 9.78 Å². The number of fused-ring (bicyclic) bond motifs is 5. The Balaban J connectivity index is 1.34. The van der Waals surface area contributed by atoms with E-state index in [0.717, 1.165) is 30.2 Å². The molecule has 5 atom stereocenters. The molecule has 1 aromatic carbocycles. The van der Waals surface area contributed by atoms with Crippen LogP contribution in [0.4, 0.5) is 0 Å². The molecule has 204 valence electrons. The highest BCUT2D eigenvalue weighted by molar-refractivity contribution is 6.41. The molecule has 3 heterocycles. The Kier molecular flexibility index (Phi) is 7.01. The predicted molar refractivity (Wildman–Crippen MR) is 146 cm³/mol. The molecule has 1 N–H and O–H groups in total. The summed E-state index contributed by atoms with van der Waals surface area (Å²) in [5.74, 6) is 0.453. The molecule has 6 rings (SSSR count). The first-order valence-corrected chi connectivity index (χ1v) is 14.6. The first-order chi connectivity index (χ1) is 18.4. The smallest absolute Gasteiger partial charge is 0.360 e. The third kappa shape index (κ3) is 4.76. The number of piperidine rings is 1. The minimum absolute atomic E-state index is 0.00910. The van der Waals surface area contributed by atoms with Gasteiger partial charge in [-0.05, 0) is 82.8 Å². The summed E-state index contributed by atoms with van der Waals surface area (Å²) in [7, 11) is 0. The summed E-state index contributed by atoms with van der Waals surface area (Å²) < 4.78 is 1.83. The van der Waals surface area contributed by atoms with Gasteiger partial charge in [-0.15, -0.1) is 0 Å². The van der Waals surface area contributed by atoms with Gasteiger partial charge < -0.3 is 14.5 Å². The summed E-state index contributed by atoms with van der Waals surface area (Å²) in [6.45, 7) is 3.53. The van der Waals surface area contributed by atoms with Crippen molar-refractivity contribution in [1.82, 2.24) is 14.5 Å². The third-order valence-electron chi connectivity index (χ3n) is 9.48. The molecular weight excluding hydrogens is 480 g/mol. The average molecular weight is 521 g/mol. The molecule has 0 radical (unpaired) electrons. The van der Waals surface area contributed by atoms with Gasteiger partial charge in [0, 0.05) is 24.2 Å². The number of nitrogens with zero attached hydrogens (tertiary/aromatic N) is 4. The van der Waals surface area contributed by atoms with Crippen LogP contribution in [0.3, 0.4) is 0 Å². The van der Waals surface area contributed by atoms with Crippen molar-refractivity contribution >= 4 is 22.7 Å². The maximum atomic E-state index is 13.9. The number of aliphatic carboxylic acids is 1. The highest BCUT2D eigenvalue weighted by Gasteiger charge is 2.47. The standard InChI is InChI=1S/C30H40N4O4/c1-18(2)38-32-28(30(36)37)27-29(35)34(26-10-6-5-9-25(26)31-27)24-16-21-11-12-22(17-24)33(21)23-14-19-7-3-4-8-20(13-19)15-23/h5-6,9-10,18-24H,3-4,7-8,11-17H2,1-2H3,(H,36,37)/b32-28+/t19?,20?,21-,22+,23?,24+. The number of oxime groups is 1. The summed E-state index contributed by atoms with van der Waals surface area (Å²) in [6.07, 6.45) is 13.6. The number of carbonyl (C=O) groups is 1. The van der Waals surface area contributed by atoms with Crippen molar-refractivity contribution in [3.05, 3.63) is 40.3 Å². The lowest BCUT2D eigenvalue weighted by Gasteiger charge is -2.48. The zero-order chi connectivity index (χ0) is 26.4. The van der Waals surface area contributed by atoms with Crippen molar-refractivity contribution in [2.75, 3.05) is 0 Å². The quantitative estimate of drug-likeness (QED) is 0.419. The minimum atomic E-state index is -1.31. The molecule has 2 aromatic rings. The van der Waals surface area contributed by atoms with Gasteiger partial charge in [-0.1, -0.05) is 43.0 Å². The zero-order valence-electron chi connectivity index (χ0n) is 22.6. The van der Waals surface area contributed by atoms with Crippen molar-refractivity contribution in [3.8, 4) is 0 Å². The average Bonchev–Trinajstić information content (AvgIpc) is 3.04. The lowest BCUT2D eigenvalue weighted by molar-refractivity contribution is -0.129. The largest absolute Gasteiger partial charge is 0.476 e. The number of hydrogen-bond donors (Lipinski definition) is 1. The Bertz CT molecular complexity index is 1260. The molecule has 2 aliphatic carbocycles. The van der Waals surface area contributed by atoms with E-state index in [0.29, 0.717) is 23.6 Å². The van der Waals surface area contributed by atoms with E-state index in [1.807, 2.05) is 28.8 Å². The first kappa shape index (κ1) is 25.5. The van der Waals surface area contributed by atoms with E-state index < -0.39 is 17.2 Å². The van der Waals surface area contributed by atoms with E-state index in [9.17, 15) is 14.7 Å². The minimum Gasteiger partial charge on any atom is -0.476 e. The Morgan fingerprint density at radius 2 is 1.61 bits per heavy atom. The second-order valence-corrected chi connectivity index (χ2v) is 12.4. The van der Waals surface area contributed by atoms with Crippen LogP contribution in [0.5, 0.6) is 0 Å². The van der Waals surface area contributed by atoms with Gasteiger partial charge >= 0.3 is 5.97 Å². The highest BCUT2D eigenvalue weighted by Crippen LogP contribution is 2.47. The Morgan fingerprint density at radius 3 is 2.24 bits per heavy atom. The third-order valence-corrected chi connectivity index (χ3v) is 9.48. The summed E-state index contributed by atoms with van der Waals surface area (Å²) in [6, 6.07) is 9.18. The molecule has 0 amide bonds. The lowest BCUT2D eigenvalue weighted by Crippen LogP contribution is -2.52. The normalized spacial score (nSPS) is 31.9. The summed E-state index contributed by atoms with van der Waals surface area (Å²) in [5, 5.41) is 13.7. The van der Waals surface area contributed by atoms with E-state index in [-0.39, 0.29) is 17.8 Å². The van der Waals surface area contributed by atoms with Crippen molar-refractivity contribution < 1.29 is 14.7 Å². The topological polar surface area (TPSA) is 97.0 Å². The van der Waals surface area contributed by atoms with Gasteiger partial charge in [-0.3, -0.25) is 9.69 Å². The Labute approximate surface area is 224 Å². The number of carboxylic acid groups (broad SMARTS) is 1. The van der Waals surface area contributed by atoms with Gasteiger partial charge in [0.25, 0.3) is 5.56 Å². The molecule has 38 heavy (non-hydrogen) atoms. The SMILES string of the molecule is CC(C)O/N=C(/C(=O)O)c1nc2ccccc2n([C@H]2C[C@H]3CC[C@@H](C2)N3C2CC3CCCCC(C3)C2)c1=O. The maximum absolute atomic E-state index is 13.9. The second-order valence-electron chi connectivity index (χ2n) is 12.4. The van der Waals surface area contributed by atoms with E-state index in [1.165, 1.54) is 57.8 Å². The molecule has 4 aliphatic rings. The van der Waals surface area contributed by atoms with Gasteiger partial charge in [0.05, 0.1) is 11.0 Å². The molecule has 2 unspecified atom stereocenters. The van der Waals surface area contributed by atoms with Crippen molar-refractivity contribution in [2.45, 2.75) is 115 Å². The number of rotatable bonds is 6. The number of benzene rings is 1. The maximum Gasteiger partial charge on any atom is 0.360 e. The molecule has 2 saturated carbocycles. The zero-order valence-corrected chi connectivity index (χ0v) is 22.6. The van der Waals surface area contributed by atoms with Crippen molar-refractivity contribution in [2.24, 2.45) is 17.0 Å². The van der Waals surface area contributed by atoms with Crippen LogP contribution in [0.2, 0.25) is 0 Å². The van der Waals surface area contributed by atoms with Crippen LogP contribution in [0.15, 0.2) is 34.2 Å². The van der Waals surface area contributed by atoms with Crippen molar-refractivity contribution in [1.29, 1.82) is 0 Å². The van der Waals surface area contributed by atoms with E-state index in [4.69, 9.17) is 4.84 Å². The van der Waals surface area contributed by atoms with Crippen LogP contribution < -0.4 is 5.56 Å². The molecular formula is C30H40N4O4. The van der Waals surface area contributed by atoms with Crippen molar-refractivity contribution in [3.63, 3.8) is 0 Å². The molecule has 8 heteroatoms. The van der Waals surface area contributed by atoms with Gasteiger partial charge in [0.15, 0.2) is 5.69 Å². The monoisotopic (exact) mass is 520 g/mol. The van der Waals surface area contributed by atoms with Crippen LogP contribution in [-0.2, 0) is 9.63 Å². The first-order valence-electron chi connectivity index (χ1n) is 14.6. The molecule has 0 spiro atoms. The number of carboxylic acids is 1. The van der Waals surface area contributed by atoms with E-state index >= 15 is 0 Å². The lowest BCUT2D eigenvalue weighted by atomic mass is 9.76. The second kappa shape index (κ2) is 10.4. The van der Waals surface area contributed by atoms with Gasteiger partial charge in [0.1, 0.15) is 6.10 Å². The van der Waals surface area contributed by atoms with Gasteiger partial charge in [0.2, 0.25) is 5.71 Å². The Morgan fingerprint density at radius 1 is 0.947 bits per heavy atom. The molecule has 8 nitrogen and oxygen atoms in total. The fourth-order valence-corrected chi connectivity index (χ4v) is 8.11. The molecule has 2 saturated heterocycles. The van der Waals surface area contributed by atoms with Crippen LogP contribution in [0.1, 0.15) is 96.2 Å². The Hall–Kier alpha value is -2.74. The number of hydrogen-bond acceptors (Lipinski definition) is 6. The van der Waals surface area contributed by atoms with Crippen LogP contribution in [0, 0.1) is 11.8 Å². The van der Waals surface area contributed by atoms with Crippen LogP contribution >= 0.6 is 0 Å². The predicted octanol–water partition coefficient (Wildman–Crippen LogP) is 5.14. The fourth-order valence-electron chi connectivity index (χ4n) is 8.11. The van der Waals surface area contributed by atoms with Crippen LogP contribution in [0.25, 0.3) is 11.0 Å². The molecule has 2 aliphatic heterocycles. The molecule has 1 aromatic heterocycles. The van der Waals surface area contributed by atoms with E-state index in [2.05, 4.69) is 15.0 Å². The van der Waals surface area contributed by atoms with E-state index in [1.54, 1.807) is 13.8 Å². The molecule has 4 bridgehead atoms. The van der Waals surface area contributed by atoms with Crippen LogP contribution in [-0.4, -0.2) is 55.5 Å². The number of para-hydroxylation sites is 2. The summed E-state index contributed by atoms with van der Waals surface area (Å²) in [5.41, 5.74) is 0.388.